The van der Waals surface area contributed by atoms with Gasteiger partial charge in [-0.15, -0.1) is 0 Å². The molecule has 0 spiro atoms. The average molecular weight is 302 g/mol. The molecule has 22 heavy (non-hydrogen) atoms. The molecular weight excluding hydrogens is 272 g/mol. The summed E-state index contributed by atoms with van der Waals surface area (Å²) in [5.41, 5.74) is 1.39. The van der Waals surface area contributed by atoms with Gasteiger partial charge in [0.15, 0.2) is 5.96 Å². The Morgan fingerprint density at radius 1 is 1.18 bits per heavy atom. The van der Waals surface area contributed by atoms with Gasteiger partial charge in [0.2, 0.25) is 0 Å². The Morgan fingerprint density at radius 2 is 1.82 bits per heavy atom. The van der Waals surface area contributed by atoms with E-state index in [9.17, 15) is 0 Å². The first kappa shape index (κ1) is 16.8. The molecule has 1 atom stereocenters. The number of nitrogens with zero attached hydrogens (tertiary/aromatic N) is 2. The van der Waals surface area contributed by atoms with Crippen LogP contribution in [0.4, 0.5) is 0 Å². The van der Waals surface area contributed by atoms with Gasteiger partial charge in [0.05, 0.1) is 6.04 Å². The summed E-state index contributed by atoms with van der Waals surface area (Å²) < 4.78 is 0. The molecule has 2 N–H and O–H groups in total. The number of hydrogen-bond acceptors (Lipinski definition) is 2. The summed E-state index contributed by atoms with van der Waals surface area (Å²) >= 11 is 0. The van der Waals surface area contributed by atoms with E-state index in [2.05, 4.69) is 71.6 Å². The van der Waals surface area contributed by atoms with E-state index in [1.165, 1.54) is 31.5 Å². The summed E-state index contributed by atoms with van der Waals surface area (Å²) in [4.78, 5) is 6.92. The monoisotopic (exact) mass is 302 g/mol. The summed E-state index contributed by atoms with van der Waals surface area (Å²) in [5, 5.41) is 6.92. The lowest BCUT2D eigenvalue weighted by Gasteiger charge is -2.30. The van der Waals surface area contributed by atoms with E-state index >= 15 is 0 Å². The zero-order valence-corrected chi connectivity index (χ0v) is 14.4. The minimum atomic E-state index is 0.0116. The second-order valence-corrected chi connectivity index (χ2v) is 7.00. The smallest absolute Gasteiger partial charge is 0.191 e. The van der Waals surface area contributed by atoms with E-state index in [4.69, 9.17) is 0 Å². The van der Waals surface area contributed by atoms with Crippen molar-refractivity contribution < 1.29 is 0 Å². The molecule has 1 aromatic carbocycles. The van der Waals surface area contributed by atoms with E-state index in [1.807, 2.05) is 7.05 Å². The van der Waals surface area contributed by atoms with Crippen LogP contribution in [0.2, 0.25) is 0 Å². The second kappa shape index (κ2) is 7.63. The summed E-state index contributed by atoms with van der Waals surface area (Å²) in [6.07, 6.45) is 2.61. The average Bonchev–Trinajstić information content (AvgIpc) is 3.00. The predicted molar refractivity (Wildman–Crippen MR) is 94.2 cm³/mol. The third-order valence-electron chi connectivity index (χ3n) is 3.95. The lowest BCUT2D eigenvalue weighted by molar-refractivity contribution is 0.245. The summed E-state index contributed by atoms with van der Waals surface area (Å²) in [7, 11) is 1.83. The molecular formula is C18H30N4. The molecule has 1 unspecified atom stereocenters. The lowest BCUT2D eigenvalue weighted by atomic mass is 10.1. The molecule has 0 saturated carbocycles. The summed E-state index contributed by atoms with van der Waals surface area (Å²) in [6.45, 7) is 9.69. The highest BCUT2D eigenvalue weighted by molar-refractivity contribution is 5.80. The van der Waals surface area contributed by atoms with Crippen LogP contribution in [0.5, 0.6) is 0 Å². The Kier molecular flexibility index (Phi) is 5.83. The Hall–Kier alpha value is -1.55. The van der Waals surface area contributed by atoms with Gasteiger partial charge in [0.1, 0.15) is 0 Å². The van der Waals surface area contributed by atoms with E-state index in [0.29, 0.717) is 6.04 Å². The normalized spacial score (nSPS) is 18.3. The largest absolute Gasteiger partial charge is 0.354 e. The van der Waals surface area contributed by atoms with Crippen LogP contribution < -0.4 is 10.6 Å². The number of aliphatic imine (C=N–C) groups is 1. The van der Waals surface area contributed by atoms with Gasteiger partial charge in [-0.3, -0.25) is 9.89 Å². The van der Waals surface area contributed by atoms with Crippen LogP contribution in [0.3, 0.4) is 0 Å². The summed E-state index contributed by atoms with van der Waals surface area (Å²) in [5.74, 6) is 0.868. The topological polar surface area (TPSA) is 39.7 Å². The molecule has 1 fully saturated rings. The van der Waals surface area contributed by atoms with Crippen molar-refractivity contribution in [3.05, 3.63) is 35.9 Å². The fourth-order valence-electron chi connectivity index (χ4n) is 2.91. The molecule has 0 aliphatic carbocycles. The van der Waals surface area contributed by atoms with Crippen molar-refractivity contribution in [1.29, 1.82) is 0 Å². The van der Waals surface area contributed by atoms with Crippen LogP contribution in [-0.2, 0) is 0 Å². The first-order valence-corrected chi connectivity index (χ1v) is 8.27. The Labute approximate surface area is 135 Å². The van der Waals surface area contributed by atoms with Gasteiger partial charge in [-0.2, -0.15) is 0 Å². The molecule has 0 aromatic heterocycles. The maximum atomic E-state index is 4.34. The van der Waals surface area contributed by atoms with E-state index in [1.54, 1.807) is 0 Å². The van der Waals surface area contributed by atoms with Crippen molar-refractivity contribution in [1.82, 2.24) is 15.5 Å². The number of guanidine groups is 1. The predicted octanol–water partition coefficient (Wildman–Crippen LogP) is 2.79. The Morgan fingerprint density at radius 3 is 2.36 bits per heavy atom. The van der Waals surface area contributed by atoms with Gasteiger partial charge >= 0.3 is 0 Å². The molecule has 0 radical (unpaired) electrons. The van der Waals surface area contributed by atoms with Crippen LogP contribution >= 0.6 is 0 Å². The van der Waals surface area contributed by atoms with Gasteiger partial charge in [-0.1, -0.05) is 30.3 Å². The number of hydrogen-bond donors (Lipinski definition) is 2. The maximum absolute atomic E-state index is 4.34. The minimum Gasteiger partial charge on any atom is -0.354 e. The van der Waals surface area contributed by atoms with Gasteiger partial charge in [-0.05, 0) is 52.3 Å². The number of likely N-dealkylation sites (tertiary alicyclic amines) is 1. The van der Waals surface area contributed by atoms with Crippen molar-refractivity contribution in [2.75, 3.05) is 26.7 Å². The maximum Gasteiger partial charge on any atom is 0.191 e. The van der Waals surface area contributed by atoms with Crippen LogP contribution in [-0.4, -0.2) is 43.1 Å². The highest BCUT2D eigenvalue weighted by atomic mass is 15.2. The third kappa shape index (κ3) is 5.02. The fraction of sp³-hybridized carbons (Fsp3) is 0.611. The standard InChI is InChI=1S/C18H30N4/c1-18(2,3)21-17(19-4)20-14-16(22-12-8-9-13-22)15-10-6-5-7-11-15/h5-7,10-11,16H,8-9,12-14H2,1-4H3,(H2,19,20,21). The molecule has 1 saturated heterocycles. The minimum absolute atomic E-state index is 0.0116. The van der Waals surface area contributed by atoms with Gasteiger partial charge in [-0.25, -0.2) is 0 Å². The zero-order valence-electron chi connectivity index (χ0n) is 14.4. The van der Waals surface area contributed by atoms with E-state index < -0.39 is 0 Å². The highest BCUT2D eigenvalue weighted by Gasteiger charge is 2.23. The first-order valence-electron chi connectivity index (χ1n) is 8.27. The molecule has 1 aliphatic heterocycles. The molecule has 0 amide bonds. The van der Waals surface area contributed by atoms with Crippen molar-refractivity contribution >= 4 is 5.96 Å². The molecule has 4 heteroatoms. The quantitative estimate of drug-likeness (QED) is 0.663. The van der Waals surface area contributed by atoms with Crippen LogP contribution in [0.15, 0.2) is 35.3 Å². The van der Waals surface area contributed by atoms with Crippen molar-refractivity contribution in [3.63, 3.8) is 0 Å². The molecule has 1 heterocycles. The molecule has 2 rings (SSSR count). The van der Waals surface area contributed by atoms with Gasteiger partial charge < -0.3 is 10.6 Å². The fourth-order valence-corrected chi connectivity index (χ4v) is 2.91. The van der Waals surface area contributed by atoms with E-state index in [0.717, 1.165) is 12.5 Å². The molecule has 1 aromatic rings. The zero-order chi connectivity index (χ0) is 16.0. The van der Waals surface area contributed by atoms with Crippen molar-refractivity contribution in [2.45, 2.75) is 45.2 Å². The molecule has 1 aliphatic rings. The number of benzene rings is 1. The lowest BCUT2D eigenvalue weighted by Crippen LogP contribution is -2.49. The van der Waals surface area contributed by atoms with Gasteiger partial charge in [0.25, 0.3) is 0 Å². The van der Waals surface area contributed by atoms with Crippen molar-refractivity contribution in [3.8, 4) is 0 Å². The van der Waals surface area contributed by atoms with Crippen LogP contribution in [0.25, 0.3) is 0 Å². The first-order chi connectivity index (χ1) is 10.5. The molecule has 0 bridgehead atoms. The van der Waals surface area contributed by atoms with Gasteiger partial charge in [0, 0.05) is 19.1 Å². The second-order valence-electron chi connectivity index (χ2n) is 7.00. The van der Waals surface area contributed by atoms with Crippen molar-refractivity contribution in [2.24, 2.45) is 4.99 Å². The van der Waals surface area contributed by atoms with Crippen LogP contribution in [0.1, 0.15) is 45.2 Å². The molecule has 122 valence electrons. The third-order valence-corrected chi connectivity index (χ3v) is 3.95. The Bertz CT molecular complexity index is 470. The van der Waals surface area contributed by atoms with Crippen LogP contribution in [0, 0.1) is 0 Å². The number of nitrogens with one attached hydrogen (secondary N) is 2. The van der Waals surface area contributed by atoms with E-state index in [-0.39, 0.29) is 5.54 Å². The molecule has 4 nitrogen and oxygen atoms in total. The number of rotatable bonds is 4. The summed E-state index contributed by atoms with van der Waals surface area (Å²) in [6, 6.07) is 11.2. The highest BCUT2D eigenvalue weighted by Crippen LogP contribution is 2.24. The SMILES string of the molecule is CN=C(NCC(c1ccccc1)N1CCCC1)NC(C)(C)C. The Balaban J connectivity index is 2.04.